The Morgan fingerprint density at radius 2 is 1.62 bits per heavy atom. The van der Waals surface area contributed by atoms with Crippen molar-refractivity contribution in [1.82, 2.24) is 9.80 Å². The normalized spacial score (nSPS) is 21.5. The lowest BCUT2D eigenvalue weighted by molar-refractivity contribution is -0.167. The van der Waals surface area contributed by atoms with Crippen LogP contribution in [0.3, 0.4) is 0 Å². The van der Waals surface area contributed by atoms with Crippen LogP contribution in [0, 0.1) is 0 Å². The van der Waals surface area contributed by atoms with Crippen LogP contribution >= 0.6 is 23.2 Å². The van der Waals surface area contributed by atoms with Crippen LogP contribution in [-0.2, 0) is 29.9 Å². The smallest absolute Gasteiger partial charge is 0.253 e. The highest BCUT2D eigenvalue weighted by Gasteiger charge is 2.41. The largest absolute Gasteiger partial charge is 0.378 e. The SMILES string of the molecule is CC(CS(=O)C(C)(C)C)N1C(=O)C(CC(=O)N2CCOCC2)OCC1c1ccc(Cl)cc1.Clc1ccccc1. The topological polar surface area (TPSA) is 76.2 Å². The molecule has 214 valence electrons. The first kappa shape index (κ1) is 31.6. The Hall–Kier alpha value is -1.97. The average molecular weight is 598 g/mol. The molecule has 2 aromatic carbocycles. The molecule has 4 atom stereocenters. The lowest BCUT2D eigenvalue weighted by Crippen LogP contribution is -2.56. The summed E-state index contributed by atoms with van der Waals surface area (Å²) in [4.78, 5) is 29.8. The summed E-state index contributed by atoms with van der Waals surface area (Å²) in [6, 6.07) is 16.2. The first-order valence-corrected chi connectivity index (χ1v) is 15.2. The molecule has 0 aliphatic carbocycles. The third-order valence-electron chi connectivity index (χ3n) is 6.58. The van der Waals surface area contributed by atoms with Gasteiger partial charge in [-0.25, -0.2) is 0 Å². The van der Waals surface area contributed by atoms with E-state index < -0.39 is 16.9 Å². The summed E-state index contributed by atoms with van der Waals surface area (Å²) in [7, 11) is -1.13. The van der Waals surface area contributed by atoms with Crippen molar-refractivity contribution in [3.63, 3.8) is 0 Å². The molecule has 10 heteroatoms. The van der Waals surface area contributed by atoms with E-state index in [0.29, 0.717) is 37.1 Å². The van der Waals surface area contributed by atoms with Crippen molar-refractivity contribution in [2.75, 3.05) is 38.7 Å². The van der Waals surface area contributed by atoms with Gasteiger partial charge in [0.2, 0.25) is 5.91 Å². The quantitative estimate of drug-likeness (QED) is 0.462. The van der Waals surface area contributed by atoms with Gasteiger partial charge in [0.1, 0.15) is 6.10 Å². The first-order chi connectivity index (χ1) is 18.5. The summed E-state index contributed by atoms with van der Waals surface area (Å²) in [6.07, 6.45) is -0.850. The molecule has 0 bridgehead atoms. The maximum Gasteiger partial charge on any atom is 0.253 e. The highest BCUT2D eigenvalue weighted by atomic mass is 35.5. The predicted molar refractivity (Wildman–Crippen MR) is 156 cm³/mol. The Morgan fingerprint density at radius 1 is 1.03 bits per heavy atom. The van der Waals surface area contributed by atoms with Gasteiger partial charge in [0.15, 0.2) is 0 Å². The van der Waals surface area contributed by atoms with Crippen LogP contribution in [0.5, 0.6) is 0 Å². The van der Waals surface area contributed by atoms with Gasteiger partial charge in [-0.05, 0) is 57.5 Å². The molecule has 2 amide bonds. The summed E-state index contributed by atoms with van der Waals surface area (Å²) >= 11 is 11.6. The monoisotopic (exact) mass is 596 g/mol. The summed E-state index contributed by atoms with van der Waals surface area (Å²) in [6.45, 7) is 10.0. The molecule has 7 nitrogen and oxygen atoms in total. The molecule has 0 radical (unpaired) electrons. The molecule has 2 saturated heterocycles. The highest BCUT2D eigenvalue weighted by molar-refractivity contribution is 7.86. The number of ether oxygens (including phenoxy) is 2. The third-order valence-corrected chi connectivity index (χ3v) is 9.24. The zero-order valence-corrected chi connectivity index (χ0v) is 25.3. The number of rotatable bonds is 6. The number of benzene rings is 2. The Labute approximate surface area is 244 Å². The number of nitrogens with zero attached hydrogens (tertiary/aromatic N) is 2. The Kier molecular flexibility index (Phi) is 11.8. The van der Waals surface area contributed by atoms with Crippen molar-refractivity contribution in [2.45, 2.75) is 57.1 Å². The lowest BCUT2D eigenvalue weighted by Gasteiger charge is -2.43. The van der Waals surface area contributed by atoms with Crippen molar-refractivity contribution in [3.8, 4) is 0 Å². The second-order valence-electron chi connectivity index (χ2n) is 10.6. The zero-order valence-electron chi connectivity index (χ0n) is 23.0. The van der Waals surface area contributed by atoms with Crippen molar-refractivity contribution in [3.05, 3.63) is 70.2 Å². The van der Waals surface area contributed by atoms with Gasteiger partial charge in [-0.3, -0.25) is 13.8 Å². The van der Waals surface area contributed by atoms with Crippen LogP contribution in [0.2, 0.25) is 10.0 Å². The molecule has 0 aromatic heterocycles. The predicted octanol–water partition coefficient (Wildman–Crippen LogP) is 5.13. The number of hydrogen-bond donors (Lipinski definition) is 0. The number of hydrogen-bond acceptors (Lipinski definition) is 5. The molecule has 0 saturated carbocycles. The van der Waals surface area contributed by atoms with E-state index in [1.165, 1.54) is 0 Å². The number of morpholine rings is 2. The van der Waals surface area contributed by atoms with Gasteiger partial charge in [0.05, 0.1) is 32.3 Å². The molecular formula is C29H38Cl2N2O5S. The molecule has 0 spiro atoms. The number of halogens is 2. The van der Waals surface area contributed by atoms with E-state index in [1.807, 2.05) is 70.2 Å². The number of carbonyl (C=O) groups is 2. The summed E-state index contributed by atoms with van der Waals surface area (Å²) in [5.41, 5.74) is 0.897. The molecule has 2 aliphatic rings. The maximum absolute atomic E-state index is 13.5. The first-order valence-electron chi connectivity index (χ1n) is 13.1. The van der Waals surface area contributed by atoms with E-state index >= 15 is 0 Å². The minimum absolute atomic E-state index is 0.00223. The van der Waals surface area contributed by atoms with Crippen LogP contribution in [0.15, 0.2) is 54.6 Å². The fourth-order valence-electron chi connectivity index (χ4n) is 4.36. The maximum atomic E-state index is 13.5. The highest BCUT2D eigenvalue weighted by Crippen LogP contribution is 2.32. The van der Waals surface area contributed by atoms with Crippen molar-refractivity contribution < 1.29 is 23.3 Å². The summed E-state index contributed by atoms with van der Waals surface area (Å²) in [5.74, 6) is 0.00221. The van der Waals surface area contributed by atoms with Gasteiger partial charge >= 0.3 is 0 Å². The molecule has 39 heavy (non-hydrogen) atoms. The van der Waals surface area contributed by atoms with Crippen LogP contribution in [-0.4, -0.2) is 81.4 Å². The Morgan fingerprint density at radius 3 is 2.15 bits per heavy atom. The van der Waals surface area contributed by atoms with E-state index in [9.17, 15) is 13.8 Å². The minimum atomic E-state index is -1.13. The van der Waals surface area contributed by atoms with Gasteiger partial charge in [-0.2, -0.15) is 0 Å². The van der Waals surface area contributed by atoms with Crippen molar-refractivity contribution in [1.29, 1.82) is 0 Å². The second-order valence-corrected chi connectivity index (χ2v) is 13.7. The molecule has 2 aliphatic heterocycles. The summed E-state index contributed by atoms with van der Waals surface area (Å²) < 4.78 is 23.7. The molecule has 2 fully saturated rings. The van der Waals surface area contributed by atoms with Crippen LogP contribution < -0.4 is 0 Å². The fourth-order valence-corrected chi connectivity index (χ4v) is 5.73. The lowest BCUT2D eigenvalue weighted by atomic mass is 10.00. The van der Waals surface area contributed by atoms with Gasteiger partial charge in [0, 0.05) is 50.5 Å². The molecule has 0 N–H and O–H groups in total. The van der Waals surface area contributed by atoms with Crippen LogP contribution in [0.1, 0.15) is 45.7 Å². The number of carbonyl (C=O) groups excluding carboxylic acids is 2. The van der Waals surface area contributed by atoms with E-state index in [0.717, 1.165) is 10.6 Å². The van der Waals surface area contributed by atoms with E-state index in [4.69, 9.17) is 32.7 Å². The van der Waals surface area contributed by atoms with Crippen molar-refractivity contribution in [2.24, 2.45) is 0 Å². The van der Waals surface area contributed by atoms with E-state index in [1.54, 1.807) is 21.9 Å². The van der Waals surface area contributed by atoms with E-state index in [2.05, 4.69) is 0 Å². The van der Waals surface area contributed by atoms with Crippen LogP contribution in [0.4, 0.5) is 0 Å². The van der Waals surface area contributed by atoms with Gasteiger partial charge in [-0.15, -0.1) is 0 Å². The van der Waals surface area contributed by atoms with E-state index in [-0.39, 0.29) is 41.7 Å². The van der Waals surface area contributed by atoms with Gasteiger partial charge in [-0.1, -0.05) is 53.5 Å². The standard InChI is InChI=1S/C23H33ClN2O5S.C6H5Cl/c1-16(15-32(29)23(2,3)4)26-19(17-5-7-18(24)8-6-17)14-31-20(22(26)28)13-21(27)25-9-11-30-12-10-25;7-6-4-2-1-3-5-6/h5-8,16,19-20H,9-15H2,1-4H3;1-5H. The molecule has 2 aromatic rings. The van der Waals surface area contributed by atoms with Crippen molar-refractivity contribution >= 4 is 45.8 Å². The Balaban J connectivity index is 0.000000520. The van der Waals surface area contributed by atoms with Gasteiger partial charge < -0.3 is 19.3 Å². The Bertz CT molecular complexity index is 1100. The molecular weight excluding hydrogens is 559 g/mol. The fraction of sp³-hybridized carbons (Fsp3) is 0.517. The molecule has 4 unspecified atom stereocenters. The molecule has 2 heterocycles. The minimum Gasteiger partial charge on any atom is -0.378 e. The number of amides is 2. The van der Waals surface area contributed by atoms with Gasteiger partial charge in [0.25, 0.3) is 5.91 Å². The molecule has 4 rings (SSSR count). The average Bonchev–Trinajstić information content (AvgIpc) is 2.91. The zero-order chi connectivity index (χ0) is 28.6. The third kappa shape index (κ3) is 9.29. The van der Waals surface area contributed by atoms with Crippen LogP contribution in [0.25, 0.3) is 0 Å². The second kappa shape index (κ2) is 14.6. The summed E-state index contributed by atoms with van der Waals surface area (Å²) in [5, 5.41) is 1.40.